The molecule has 5 heteroatoms. The maximum atomic E-state index is 6.07. The molecule has 0 spiro atoms. The Hall–Kier alpha value is -0.545. The Morgan fingerprint density at radius 3 is 2.26 bits per heavy atom. The molecule has 0 N–H and O–H groups in total. The Bertz CT molecular complexity index is 432. The summed E-state index contributed by atoms with van der Waals surface area (Å²) in [5.74, 6) is 0. The molecule has 1 fully saturated rings. The van der Waals surface area contributed by atoms with Gasteiger partial charge in [-0.25, -0.2) is 0 Å². The van der Waals surface area contributed by atoms with Gasteiger partial charge in [0.05, 0.1) is 24.3 Å². The first-order chi connectivity index (χ1) is 8.82. The topological polar surface area (TPSA) is 27.7 Å². The summed E-state index contributed by atoms with van der Waals surface area (Å²) in [6.45, 7) is 8.98. The number of benzene rings is 1. The molecular formula is C14H20BClO3. The molecular weight excluding hydrogens is 262 g/mol. The lowest BCUT2D eigenvalue weighted by molar-refractivity contribution is 0.00578. The third kappa shape index (κ3) is 3.32. The second-order valence-corrected chi connectivity index (χ2v) is 6.20. The minimum absolute atomic E-state index is 0.314. The Morgan fingerprint density at radius 2 is 1.68 bits per heavy atom. The lowest BCUT2D eigenvalue weighted by atomic mass is 9.90. The largest absolute Gasteiger partial charge is 0.485 e. The molecule has 0 bridgehead atoms. The molecule has 0 atom stereocenters. The van der Waals surface area contributed by atoms with Crippen molar-refractivity contribution in [3.8, 4) is 0 Å². The number of hydrogen-bond acceptors (Lipinski definition) is 3. The van der Waals surface area contributed by atoms with Gasteiger partial charge in [-0.1, -0.05) is 29.8 Å². The quantitative estimate of drug-likeness (QED) is 0.791. The lowest BCUT2D eigenvalue weighted by Gasteiger charge is -2.32. The third-order valence-electron chi connectivity index (χ3n) is 3.77. The smallest absolute Gasteiger partial charge is 0.402 e. The molecule has 2 rings (SSSR count). The Morgan fingerprint density at radius 1 is 1.11 bits per heavy atom. The average molecular weight is 283 g/mol. The molecule has 0 saturated carbocycles. The summed E-state index contributed by atoms with van der Waals surface area (Å²) in [6.07, 6.45) is 0. The number of hydrogen-bond donors (Lipinski definition) is 0. The van der Waals surface area contributed by atoms with Gasteiger partial charge in [0.25, 0.3) is 0 Å². The number of ether oxygens (including phenoxy) is 1. The molecule has 1 saturated heterocycles. The van der Waals surface area contributed by atoms with Gasteiger partial charge >= 0.3 is 7.12 Å². The first kappa shape index (κ1) is 14.9. The van der Waals surface area contributed by atoms with E-state index < -0.39 is 0 Å². The second kappa shape index (κ2) is 5.45. The summed E-state index contributed by atoms with van der Waals surface area (Å²) >= 11 is 6.07. The second-order valence-electron chi connectivity index (χ2n) is 5.79. The van der Waals surface area contributed by atoms with Crippen LogP contribution in [0.5, 0.6) is 0 Å². The molecule has 104 valence electrons. The van der Waals surface area contributed by atoms with Crippen molar-refractivity contribution in [3.63, 3.8) is 0 Å². The highest BCUT2D eigenvalue weighted by atomic mass is 35.5. The van der Waals surface area contributed by atoms with Gasteiger partial charge in [0.15, 0.2) is 0 Å². The van der Waals surface area contributed by atoms with Crippen LogP contribution in [0.3, 0.4) is 0 Å². The van der Waals surface area contributed by atoms with Crippen LogP contribution >= 0.6 is 11.6 Å². The van der Waals surface area contributed by atoms with Crippen LogP contribution in [0.2, 0.25) is 5.02 Å². The van der Waals surface area contributed by atoms with Gasteiger partial charge in [0, 0.05) is 5.02 Å². The van der Waals surface area contributed by atoms with Gasteiger partial charge in [-0.05, 0) is 39.3 Å². The Balaban J connectivity index is 1.84. The fourth-order valence-electron chi connectivity index (χ4n) is 1.91. The molecule has 0 radical (unpaired) electrons. The van der Waals surface area contributed by atoms with E-state index in [1.165, 1.54) is 0 Å². The van der Waals surface area contributed by atoms with Gasteiger partial charge in [0.2, 0.25) is 0 Å². The molecule has 1 aliphatic heterocycles. The number of halogens is 1. The monoisotopic (exact) mass is 282 g/mol. The minimum atomic E-state index is -0.326. The Labute approximate surface area is 120 Å². The van der Waals surface area contributed by atoms with E-state index in [1.807, 2.05) is 52.0 Å². The first-order valence-corrected chi connectivity index (χ1v) is 6.86. The van der Waals surface area contributed by atoms with Crippen molar-refractivity contribution in [2.75, 3.05) is 6.51 Å². The van der Waals surface area contributed by atoms with E-state index in [4.69, 9.17) is 25.6 Å². The van der Waals surface area contributed by atoms with Crippen LogP contribution in [0, 0.1) is 0 Å². The van der Waals surface area contributed by atoms with E-state index >= 15 is 0 Å². The van der Waals surface area contributed by atoms with E-state index in [9.17, 15) is 0 Å². The van der Waals surface area contributed by atoms with Gasteiger partial charge in [0.1, 0.15) is 0 Å². The highest BCUT2D eigenvalue weighted by molar-refractivity contribution is 6.45. The summed E-state index contributed by atoms with van der Waals surface area (Å²) in [4.78, 5) is 0. The predicted molar refractivity (Wildman–Crippen MR) is 77.2 cm³/mol. The first-order valence-electron chi connectivity index (χ1n) is 6.49. The molecule has 0 aromatic heterocycles. The van der Waals surface area contributed by atoms with E-state index in [-0.39, 0.29) is 18.3 Å². The molecule has 19 heavy (non-hydrogen) atoms. The maximum Gasteiger partial charge on any atom is 0.485 e. The van der Waals surface area contributed by atoms with E-state index in [1.54, 1.807) is 0 Å². The van der Waals surface area contributed by atoms with Crippen molar-refractivity contribution < 1.29 is 14.0 Å². The van der Waals surface area contributed by atoms with Crippen LogP contribution in [0.1, 0.15) is 33.3 Å². The zero-order valence-electron chi connectivity index (χ0n) is 11.9. The van der Waals surface area contributed by atoms with Crippen molar-refractivity contribution in [1.29, 1.82) is 0 Å². The van der Waals surface area contributed by atoms with Crippen LogP contribution in [-0.2, 0) is 20.7 Å². The van der Waals surface area contributed by atoms with Crippen molar-refractivity contribution in [3.05, 3.63) is 34.9 Å². The van der Waals surface area contributed by atoms with Crippen molar-refractivity contribution in [2.24, 2.45) is 0 Å². The lowest BCUT2D eigenvalue weighted by Crippen LogP contribution is -2.41. The summed E-state index contributed by atoms with van der Waals surface area (Å²) in [7, 11) is -0.326. The zero-order valence-corrected chi connectivity index (χ0v) is 12.7. The minimum Gasteiger partial charge on any atom is -0.402 e. The van der Waals surface area contributed by atoms with Crippen molar-refractivity contribution >= 4 is 18.7 Å². The van der Waals surface area contributed by atoms with Crippen LogP contribution in [-0.4, -0.2) is 24.8 Å². The molecule has 1 aromatic carbocycles. The normalized spacial score (nSPS) is 20.8. The summed E-state index contributed by atoms with van der Waals surface area (Å²) in [5, 5.41) is 0.719. The van der Waals surface area contributed by atoms with Crippen molar-refractivity contribution in [1.82, 2.24) is 0 Å². The summed E-state index contributed by atoms with van der Waals surface area (Å²) in [6, 6.07) is 7.65. The summed E-state index contributed by atoms with van der Waals surface area (Å²) in [5.41, 5.74) is 0.345. The molecule has 0 unspecified atom stereocenters. The highest BCUT2D eigenvalue weighted by Gasteiger charge is 2.51. The van der Waals surface area contributed by atoms with Gasteiger partial charge < -0.3 is 14.0 Å². The average Bonchev–Trinajstić information content (AvgIpc) is 2.50. The van der Waals surface area contributed by atoms with Crippen LogP contribution in [0.15, 0.2) is 24.3 Å². The summed E-state index contributed by atoms with van der Waals surface area (Å²) < 4.78 is 17.3. The number of rotatable bonds is 4. The van der Waals surface area contributed by atoms with Gasteiger partial charge in [-0.2, -0.15) is 0 Å². The SMILES string of the molecule is CC1(C)OB(COCc2ccccc2Cl)OC1(C)C. The van der Waals surface area contributed by atoms with Gasteiger partial charge in [-0.3, -0.25) is 0 Å². The predicted octanol–water partition coefficient (Wildman–Crippen LogP) is 3.49. The molecule has 0 aliphatic carbocycles. The third-order valence-corrected chi connectivity index (χ3v) is 4.14. The highest BCUT2D eigenvalue weighted by Crippen LogP contribution is 2.36. The standard InChI is InChI=1S/C14H20BClO3/c1-13(2)14(3,4)19-15(18-13)10-17-9-11-7-5-6-8-12(11)16/h5-8H,9-10H2,1-4H3. The fourth-order valence-corrected chi connectivity index (χ4v) is 2.10. The maximum absolute atomic E-state index is 6.07. The van der Waals surface area contributed by atoms with Crippen LogP contribution in [0.4, 0.5) is 0 Å². The Kier molecular flexibility index (Phi) is 4.26. The molecule has 3 nitrogen and oxygen atoms in total. The molecule has 1 aliphatic rings. The van der Waals surface area contributed by atoms with Crippen LogP contribution < -0.4 is 0 Å². The molecule has 1 aromatic rings. The van der Waals surface area contributed by atoms with Gasteiger partial charge in [-0.15, -0.1) is 0 Å². The van der Waals surface area contributed by atoms with Crippen LogP contribution in [0.25, 0.3) is 0 Å². The van der Waals surface area contributed by atoms with E-state index in [0.717, 1.165) is 10.6 Å². The molecule has 0 amide bonds. The fraction of sp³-hybridized carbons (Fsp3) is 0.571. The van der Waals surface area contributed by atoms with E-state index in [2.05, 4.69) is 0 Å². The molecule has 1 heterocycles. The zero-order chi connectivity index (χ0) is 14.1. The van der Waals surface area contributed by atoms with E-state index in [0.29, 0.717) is 13.1 Å². The van der Waals surface area contributed by atoms with Crippen molar-refractivity contribution in [2.45, 2.75) is 45.5 Å².